The predicted octanol–water partition coefficient (Wildman–Crippen LogP) is 2.57. The van der Waals surface area contributed by atoms with Crippen molar-refractivity contribution in [2.24, 2.45) is 0 Å². The Morgan fingerprint density at radius 3 is 2.76 bits per heavy atom. The zero-order chi connectivity index (χ0) is 12.5. The fourth-order valence-electron chi connectivity index (χ4n) is 2.67. The summed E-state index contributed by atoms with van der Waals surface area (Å²) in [5, 5.41) is 3.58. The van der Waals surface area contributed by atoms with Crippen LogP contribution in [0.2, 0.25) is 0 Å². The van der Waals surface area contributed by atoms with E-state index in [4.69, 9.17) is 0 Å². The zero-order valence-electron chi connectivity index (χ0n) is 11.5. The van der Waals surface area contributed by atoms with Gasteiger partial charge in [0.2, 0.25) is 0 Å². The maximum Gasteiger partial charge on any atom is 0.0238 e. The van der Waals surface area contributed by atoms with E-state index in [1.165, 1.54) is 17.5 Å². The van der Waals surface area contributed by atoms with Gasteiger partial charge in [0.25, 0.3) is 0 Å². The molecule has 94 valence electrons. The van der Waals surface area contributed by atoms with E-state index in [9.17, 15) is 0 Å². The molecule has 1 aromatic carbocycles. The molecular formula is C15H24N2. The molecule has 1 atom stereocenters. The van der Waals surface area contributed by atoms with E-state index in [2.05, 4.69) is 62.3 Å². The summed E-state index contributed by atoms with van der Waals surface area (Å²) in [6.45, 7) is 8.88. The van der Waals surface area contributed by atoms with Gasteiger partial charge in [0.1, 0.15) is 0 Å². The molecular weight excluding hydrogens is 208 g/mol. The molecule has 17 heavy (non-hydrogen) atoms. The Morgan fingerprint density at radius 2 is 2.18 bits per heavy atom. The van der Waals surface area contributed by atoms with Crippen molar-refractivity contribution < 1.29 is 0 Å². The van der Waals surface area contributed by atoms with Crippen LogP contribution in [0.1, 0.15) is 31.4 Å². The third kappa shape index (κ3) is 3.30. The minimum absolute atomic E-state index is 0.297. The van der Waals surface area contributed by atoms with Gasteiger partial charge in [-0.25, -0.2) is 0 Å². The van der Waals surface area contributed by atoms with Gasteiger partial charge in [0.05, 0.1) is 0 Å². The Bertz CT molecular complexity index is 384. The summed E-state index contributed by atoms with van der Waals surface area (Å²) in [6, 6.07) is 9.46. The Kier molecular flexibility index (Phi) is 3.55. The SMILES string of the molecule is Cc1cccc(CN(C)C2CNC(C)(C)C2)c1. The molecule has 2 heteroatoms. The summed E-state index contributed by atoms with van der Waals surface area (Å²) in [4.78, 5) is 2.47. The van der Waals surface area contributed by atoms with E-state index in [1.54, 1.807) is 0 Å². The molecule has 1 aliphatic rings. The second-order valence-corrected chi connectivity index (χ2v) is 6.03. The topological polar surface area (TPSA) is 15.3 Å². The monoisotopic (exact) mass is 232 g/mol. The van der Waals surface area contributed by atoms with E-state index in [-0.39, 0.29) is 0 Å². The van der Waals surface area contributed by atoms with Crippen molar-refractivity contribution >= 4 is 0 Å². The summed E-state index contributed by atoms with van der Waals surface area (Å²) < 4.78 is 0. The molecule has 0 amide bonds. The summed E-state index contributed by atoms with van der Waals surface area (Å²) >= 11 is 0. The van der Waals surface area contributed by atoms with E-state index in [1.807, 2.05) is 0 Å². The molecule has 0 spiro atoms. The summed E-state index contributed by atoms with van der Waals surface area (Å²) in [7, 11) is 2.23. The van der Waals surface area contributed by atoms with Crippen LogP contribution in [0.4, 0.5) is 0 Å². The smallest absolute Gasteiger partial charge is 0.0238 e. The lowest BCUT2D eigenvalue weighted by Gasteiger charge is -2.25. The molecule has 2 rings (SSSR count). The third-order valence-electron chi connectivity index (χ3n) is 3.70. The van der Waals surface area contributed by atoms with Crippen LogP contribution in [0.5, 0.6) is 0 Å². The lowest BCUT2D eigenvalue weighted by atomic mass is 10.0. The second kappa shape index (κ2) is 4.79. The van der Waals surface area contributed by atoms with Gasteiger partial charge in [0, 0.05) is 24.7 Å². The molecule has 1 aromatic rings. The molecule has 0 saturated carbocycles. The van der Waals surface area contributed by atoms with Crippen molar-refractivity contribution in [3.05, 3.63) is 35.4 Å². The quantitative estimate of drug-likeness (QED) is 0.861. The predicted molar refractivity (Wildman–Crippen MR) is 73.1 cm³/mol. The minimum atomic E-state index is 0.297. The molecule has 0 aliphatic carbocycles. The van der Waals surface area contributed by atoms with Crippen molar-refractivity contribution in [3.8, 4) is 0 Å². The van der Waals surface area contributed by atoms with Gasteiger partial charge in [-0.3, -0.25) is 4.90 Å². The molecule has 1 unspecified atom stereocenters. The lowest BCUT2D eigenvalue weighted by Crippen LogP contribution is -2.32. The van der Waals surface area contributed by atoms with Crippen LogP contribution in [-0.2, 0) is 6.54 Å². The molecule has 1 saturated heterocycles. The van der Waals surface area contributed by atoms with E-state index in [0.29, 0.717) is 11.6 Å². The number of likely N-dealkylation sites (N-methyl/N-ethyl adjacent to an activating group) is 1. The van der Waals surface area contributed by atoms with E-state index in [0.717, 1.165) is 13.1 Å². The number of rotatable bonds is 3. The molecule has 0 radical (unpaired) electrons. The average molecular weight is 232 g/mol. The lowest BCUT2D eigenvalue weighted by molar-refractivity contribution is 0.240. The van der Waals surface area contributed by atoms with Crippen molar-refractivity contribution in [1.29, 1.82) is 0 Å². The third-order valence-corrected chi connectivity index (χ3v) is 3.70. The van der Waals surface area contributed by atoms with Crippen LogP contribution in [-0.4, -0.2) is 30.1 Å². The van der Waals surface area contributed by atoms with Gasteiger partial charge < -0.3 is 5.32 Å². The standard InChI is InChI=1S/C15H24N2/c1-12-6-5-7-13(8-12)11-17(4)14-9-15(2,3)16-10-14/h5-8,14,16H,9-11H2,1-4H3. The summed E-state index contributed by atoms with van der Waals surface area (Å²) in [5.41, 5.74) is 3.06. The number of hydrogen-bond donors (Lipinski definition) is 1. The minimum Gasteiger partial charge on any atom is -0.310 e. The van der Waals surface area contributed by atoms with Gasteiger partial charge in [-0.1, -0.05) is 29.8 Å². The van der Waals surface area contributed by atoms with Crippen LogP contribution in [0.15, 0.2) is 24.3 Å². The van der Waals surface area contributed by atoms with E-state index >= 15 is 0 Å². The fourth-order valence-corrected chi connectivity index (χ4v) is 2.67. The molecule has 1 aliphatic heterocycles. The molecule has 1 N–H and O–H groups in total. The van der Waals surface area contributed by atoms with Crippen LogP contribution < -0.4 is 5.32 Å². The maximum absolute atomic E-state index is 3.58. The first kappa shape index (κ1) is 12.6. The highest BCUT2D eigenvalue weighted by atomic mass is 15.2. The molecule has 0 aromatic heterocycles. The first-order chi connectivity index (χ1) is 7.96. The Labute approximate surface area is 105 Å². The van der Waals surface area contributed by atoms with Gasteiger partial charge in [0.15, 0.2) is 0 Å². The molecule has 1 heterocycles. The van der Waals surface area contributed by atoms with Crippen LogP contribution in [0, 0.1) is 6.92 Å². The number of hydrogen-bond acceptors (Lipinski definition) is 2. The first-order valence-corrected chi connectivity index (χ1v) is 6.47. The Hall–Kier alpha value is -0.860. The van der Waals surface area contributed by atoms with Gasteiger partial charge in [-0.2, -0.15) is 0 Å². The van der Waals surface area contributed by atoms with Crippen molar-refractivity contribution in [1.82, 2.24) is 10.2 Å². The maximum atomic E-state index is 3.58. The second-order valence-electron chi connectivity index (χ2n) is 6.03. The number of nitrogens with one attached hydrogen (secondary N) is 1. The Balaban J connectivity index is 1.96. The van der Waals surface area contributed by atoms with Gasteiger partial charge >= 0.3 is 0 Å². The molecule has 0 bridgehead atoms. The molecule has 2 nitrogen and oxygen atoms in total. The highest BCUT2D eigenvalue weighted by molar-refractivity contribution is 5.22. The van der Waals surface area contributed by atoms with Crippen molar-refractivity contribution in [2.75, 3.05) is 13.6 Å². The van der Waals surface area contributed by atoms with Gasteiger partial charge in [-0.15, -0.1) is 0 Å². The molecule has 1 fully saturated rings. The van der Waals surface area contributed by atoms with Crippen LogP contribution in [0.3, 0.4) is 0 Å². The van der Waals surface area contributed by atoms with E-state index < -0.39 is 0 Å². The van der Waals surface area contributed by atoms with Crippen LogP contribution in [0.25, 0.3) is 0 Å². The van der Waals surface area contributed by atoms with Crippen molar-refractivity contribution in [2.45, 2.75) is 45.3 Å². The number of nitrogens with zero attached hydrogens (tertiary/aromatic N) is 1. The Morgan fingerprint density at radius 1 is 1.41 bits per heavy atom. The first-order valence-electron chi connectivity index (χ1n) is 6.47. The van der Waals surface area contributed by atoms with Crippen molar-refractivity contribution in [3.63, 3.8) is 0 Å². The zero-order valence-corrected chi connectivity index (χ0v) is 11.5. The summed E-state index contributed by atoms with van der Waals surface area (Å²) in [6.07, 6.45) is 1.23. The highest BCUT2D eigenvalue weighted by Gasteiger charge is 2.32. The fraction of sp³-hybridized carbons (Fsp3) is 0.600. The largest absolute Gasteiger partial charge is 0.310 e. The number of benzene rings is 1. The average Bonchev–Trinajstić information content (AvgIpc) is 2.59. The highest BCUT2D eigenvalue weighted by Crippen LogP contribution is 2.22. The summed E-state index contributed by atoms with van der Waals surface area (Å²) in [5.74, 6) is 0. The normalized spacial score (nSPS) is 23.2. The number of aryl methyl sites for hydroxylation is 1. The van der Waals surface area contributed by atoms with Crippen LogP contribution >= 0.6 is 0 Å². The van der Waals surface area contributed by atoms with Gasteiger partial charge in [-0.05, 0) is 39.8 Å².